The smallest absolute Gasteiger partial charge is 0.124 e. The van der Waals surface area contributed by atoms with E-state index in [1.54, 1.807) is 6.34 Å². The van der Waals surface area contributed by atoms with E-state index in [1.165, 1.54) is 10.6 Å². The molecule has 3 nitrogen and oxygen atoms in total. The van der Waals surface area contributed by atoms with Gasteiger partial charge in [0.05, 0.1) is 0 Å². The first-order valence-corrected chi connectivity index (χ1v) is 2.21. The highest BCUT2D eigenvalue weighted by Crippen LogP contribution is 1.90. The van der Waals surface area contributed by atoms with E-state index in [0.717, 1.165) is 0 Å². The van der Waals surface area contributed by atoms with Crippen LogP contribution in [0.15, 0.2) is 9.98 Å². The third-order valence-corrected chi connectivity index (χ3v) is 0.775. The van der Waals surface area contributed by atoms with Crippen molar-refractivity contribution < 1.29 is 0 Å². The summed E-state index contributed by atoms with van der Waals surface area (Å²) in [4.78, 5) is 7.42. The third kappa shape index (κ3) is 1.19. The molecule has 0 saturated carbocycles. The van der Waals surface area contributed by atoms with Crippen LogP contribution in [0.3, 0.4) is 0 Å². The Morgan fingerprint density at radius 3 is 2.86 bits per heavy atom. The molecule has 0 aliphatic carbocycles. The van der Waals surface area contributed by atoms with Gasteiger partial charge in [0, 0.05) is 12.8 Å². The minimum Gasteiger partial charge on any atom is -0.275 e. The lowest BCUT2D eigenvalue weighted by molar-refractivity contribution is 0.713. The van der Waals surface area contributed by atoms with Gasteiger partial charge in [0.1, 0.15) is 19.3 Å². The van der Waals surface area contributed by atoms with Gasteiger partial charge in [-0.2, -0.15) is 0 Å². The maximum Gasteiger partial charge on any atom is 0.124 e. The van der Waals surface area contributed by atoms with Gasteiger partial charge in [-0.1, -0.05) is 0 Å². The minimum atomic E-state index is 0.554. The molecule has 0 fully saturated rings. The second kappa shape index (κ2) is 1.97. The van der Waals surface area contributed by atoms with Crippen molar-refractivity contribution in [3.8, 4) is 0 Å². The number of aliphatic imine (C=N–C) groups is 2. The van der Waals surface area contributed by atoms with Crippen molar-refractivity contribution in [3.05, 3.63) is 0 Å². The monoisotopic (exact) mass is 114 g/mol. The molecular weight excluding hydrogens is 110 g/mol. The normalized spacial score (nSPS) is 18.1. The zero-order valence-electron chi connectivity index (χ0n) is 3.61. The molecule has 0 unspecified atom stereocenters. The van der Waals surface area contributed by atoms with Crippen molar-refractivity contribution in [2.24, 2.45) is 9.98 Å². The van der Waals surface area contributed by atoms with Crippen molar-refractivity contribution in [1.82, 2.24) is 4.31 Å². The van der Waals surface area contributed by atoms with Crippen LogP contribution in [0.5, 0.6) is 0 Å². The quantitative estimate of drug-likeness (QED) is 0.448. The van der Waals surface area contributed by atoms with Crippen LogP contribution >= 0.6 is 12.8 Å². The van der Waals surface area contributed by atoms with Gasteiger partial charge < -0.3 is 0 Å². The summed E-state index contributed by atoms with van der Waals surface area (Å²) in [5, 5.41) is 0. The Hall–Kier alpha value is -0.510. The van der Waals surface area contributed by atoms with E-state index in [0.29, 0.717) is 6.67 Å². The van der Waals surface area contributed by atoms with Crippen LogP contribution in [0.2, 0.25) is 0 Å². The summed E-state index contributed by atoms with van der Waals surface area (Å²) in [5.41, 5.74) is 0. The Bertz CT molecular complexity index is 109. The molecule has 1 radical (unpaired) electrons. The van der Waals surface area contributed by atoms with Crippen LogP contribution in [-0.2, 0) is 0 Å². The molecule has 0 aromatic heterocycles. The molecule has 0 bridgehead atoms. The van der Waals surface area contributed by atoms with Crippen LogP contribution in [0, 0.1) is 0 Å². The first kappa shape index (κ1) is 4.64. The highest BCUT2D eigenvalue weighted by molar-refractivity contribution is 7.78. The van der Waals surface area contributed by atoms with Gasteiger partial charge >= 0.3 is 0 Å². The standard InChI is InChI=1S/C3H4N3S/c7-6-2-4-1-5-3-6/h1-2H,3H2. The van der Waals surface area contributed by atoms with Crippen LogP contribution in [0.4, 0.5) is 0 Å². The second-order valence-corrected chi connectivity index (χ2v) is 1.59. The molecule has 1 rings (SSSR count). The summed E-state index contributed by atoms with van der Waals surface area (Å²) < 4.78 is 1.49. The first-order valence-electron chi connectivity index (χ1n) is 1.85. The molecule has 0 atom stereocenters. The lowest BCUT2D eigenvalue weighted by Gasteiger charge is -2.06. The number of nitrogens with zero attached hydrogens (tertiary/aromatic N) is 3. The first-order chi connectivity index (χ1) is 3.39. The maximum absolute atomic E-state index is 4.66. The molecular formula is C3H4N3S. The Balaban J connectivity index is 2.49. The molecule has 0 spiro atoms. The molecule has 7 heavy (non-hydrogen) atoms. The van der Waals surface area contributed by atoms with E-state index in [4.69, 9.17) is 0 Å². The second-order valence-electron chi connectivity index (χ2n) is 1.12. The molecule has 4 heteroatoms. The molecule has 0 amide bonds. The molecule has 1 aliphatic heterocycles. The molecule has 0 aromatic rings. The van der Waals surface area contributed by atoms with E-state index in [2.05, 4.69) is 22.8 Å². The SMILES string of the molecule is [S]N1C=NC=NC1. The predicted molar refractivity (Wildman–Crippen MR) is 31.3 cm³/mol. The fourth-order valence-corrected chi connectivity index (χ4v) is 0.426. The van der Waals surface area contributed by atoms with Gasteiger partial charge in [-0.05, 0) is 0 Å². The lowest BCUT2D eigenvalue weighted by Crippen LogP contribution is -2.12. The van der Waals surface area contributed by atoms with Gasteiger partial charge in [0.15, 0.2) is 0 Å². The van der Waals surface area contributed by atoms with Crippen molar-refractivity contribution in [2.45, 2.75) is 0 Å². The zero-order valence-corrected chi connectivity index (χ0v) is 4.43. The van der Waals surface area contributed by atoms with Gasteiger partial charge in [-0.15, -0.1) is 0 Å². The van der Waals surface area contributed by atoms with Crippen LogP contribution in [0.1, 0.15) is 0 Å². The molecule has 1 aliphatic rings. The molecule has 1 heterocycles. The van der Waals surface area contributed by atoms with Crippen LogP contribution in [0.25, 0.3) is 0 Å². The summed E-state index contributed by atoms with van der Waals surface area (Å²) in [6.45, 7) is 0.554. The van der Waals surface area contributed by atoms with Gasteiger partial charge in [-0.3, -0.25) is 9.30 Å². The van der Waals surface area contributed by atoms with Crippen LogP contribution in [-0.4, -0.2) is 23.7 Å². The van der Waals surface area contributed by atoms with Crippen molar-refractivity contribution in [1.29, 1.82) is 0 Å². The average molecular weight is 114 g/mol. The minimum absolute atomic E-state index is 0.554. The summed E-state index contributed by atoms with van der Waals surface area (Å²) in [6.07, 6.45) is 3.05. The Morgan fingerprint density at radius 1 is 1.71 bits per heavy atom. The Kier molecular flexibility index (Phi) is 1.31. The van der Waals surface area contributed by atoms with Gasteiger partial charge in [0.25, 0.3) is 0 Å². The van der Waals surface area contributed by atoms with Gasteiger partial charge in [-0.25, -0.2) is 4.99 Å². The van der Waals surface area contributed by atoms with Crippen molar-refractivity contribution in [3.63, 3.8) is 0 Å². The predicted octanol–water partition coefficient (Wildman–Crippen LogP) is 0.429. The van der Waals surface area contributed by atoms with E-state index < -0.39 is 0 Å². The topological polar surface area (TPSA) is 28.0 Å². The number of hydrogen-bond acceptors (Lipinski definition) is 3. The highest BCUT2D eigenvalue weighted by atomic mass is 32.1. The summed E-state index contributed by atoms with van der Waals surface area (Å²) in [6, 6.07) is 0. The fourth-order valence-electron chi connectivity index (χ4n) is 0.305. The van der Waals surface area contributed by atoms with Gasteiger partial charge in [0.2, 0.25) is 0 Å². The molecule has 0 saturated heterocycles. The summed E-state index contributed by atoms with van der Waals surface area (Å²) >= 11 is 4.66. The van der Waals surface area contributed by atoms with Crippen molar-refractivity contribution >= 4 is 25.5 Å². The summed E-state index contributed by atoms with van der Waals surface area (Å²) in [5.74, 6) is 0. The average Bonchev–Trinajstić information content (AvgIpc) is 1.69. The molecule has 0 aromatic carbocycles. The number of rotatable bonds is 0. The molecule has 0 N–H and O–H groups in total. The van der Waals surface area contributed by atoms with E-state index in [1.807, 2.05) is 0 Å². The van der Waals surface area contributed by atoms with E-state index in [-0.39, 0.29) is 0 Å². The van der Waals surface area contributed by atoms with Crippen molar-refractivity contribution in [2.75, 3.05) is 6.67 Å². The molecule has 37 valence electrons. The lowest BCUT2D eigenvalue weighted by atomic mass is 10.9. The largest absolute Gasteiger partial charge is 0.275 e. The van der Waals surface area contributed by atoms with Crippen LogP contribution < -0.4 is 0 Å². The fraction of sp³-hybridized carbons (Fsp3) is 0.333. The Morgan fingerprint density at radius 2 is 2.57 bits per heavy atom. The zero-order chi connectivity index (χ0) is 5.11. The van der Waals surface area contributed by atoms with E-state index >= 15 is 0 Å². The Labute approximate surface area is 47.3 Å². The van der Waals surface area contributed by atoms with E-state index in [9.17, 15) is 0 Å². The maximum atomic E-state index is 4.66. The number of hydrogen-bond donors (Lipinski definition) is 0. The summed E-state index contributed by atoms with van der Waals surface area (Å²) in [7, 11) is 0. The third-order valence-electron chi connectivity index (χ3n) is 0.565. The highest BCUT2D eigenvalue weighted by Gasteiger charge is 1.90.